The fourth-order valence-electron chi connectivity index (χ4n) is 3.65. The third-order valence-electron chi connectivity index (χ3n) is 5.05. The van der Waals surface area contributed by atoms with Gasteiger partial charge in [-0.05, 0) is 62.3 Å². The molecule has 3 rings (SSSR count). The van der Waals surface area contributed by atoms with Crippen molar-refractivity contribution in [1.82, 2.24) is 15.1 Å². The fraction of sp³-hybridized carbons (Fsp3) is 0.765. The first kappa shape index (κ1) is 14.6. The molecule has 1 atom stereocenters. The summed E-state index contributed by atoms with van der Waals surface area (Å²) < 4.78 is 1.84. The zero-order valence-corrected chi connectivity index (χ0v) is 13.3. The molecule has 21 heavy (non-hydrogen) atoms. The molecule has 0 saturated heterocycles. The molecule has 0 unspecified atom stereocenters. The van der Waals surface area contributed by atoms with Crippen LogP contribution in [0.2, 0.25) is 0 Å². The number of fused-ring (bicyclic) bond motifs is 1. The van der Waals surface area contributed by atoms with Gasteiger partial charge in [0.25, 0.3) is 0 Å². The van der Waals surface area contributed by atoms with Gasteiger partial charge >= 0.3 is 0 Å². The van der Waals surface area contributed by atoms with Crippen LogP contribution in [-0.2, 0) is 24.2 Å². The van der Waals surface area contributed by atoms with Crippen LogP contribution in [0.15, 0.2) is 6.20 Å². The average Bonchev–Trinajstić information content (AvgIpc) is 2.82. The molecule has 0 bridgehead atoms. The molecule has 1 saturated carbocycles. The van der Waals surface area contributed by atoms with Gasteiger partial charge < -0.3 is 5.32 Å². The Balaban J connectivity index is 1.53. The molecule has 1 N–H and O–H groups in total. The summed E-state index contributed by atoms with van der Waals surface area (Å²) in [6, 6.07) is 0.374. The quantitative estimate of drug-likeness (QED) is 0.930. The van der Waals surface area contributed by atoms with Crippen molar-refractivity contribution in [3.05, 3.63) is 17.5 Å². The van der Waals surface area contributed by atoms with Gasteiger partial charge in [-0.25, -0.2) is 0 Å². The summed E-state index contributed by atoms with van der Waals surface area (Å²) in [7, 11) is 0. The van der Waals surface area contributed by atoms with Gasteiger partial charge in [0.1, 0.15) is 6.54 Å². The van der Waals surface area contributed by atoms with E-state index < -0.39 is 0 Å². The molecule has 1 heterocycles. The van der Waals surface area contributed by atoms with E-state index in [2.05, 4.69) is 30.5 Å². The largest absolute Gasteiger partial charge is 0.352 e. The highest BCUT2D eigenvalue weighted by molar-refractivity contribution is 5.76. The lowest BCUT2D eigenvalue weighted by molar-refractivity contribution is -0.122. The summed E-state index contributed by atoms with van der Waals surface area (Å²) >= 11 is 0. The highest BCUT2D eigenvalue weighted by Crippen LogP contribution is 2.24. The summed E-state index contributed by atoms with van der Waals surface area (Å²) in [6.07, 6.45) is 10.2. The molecule has 2 aliphatic rings. The third kappa shape index (κ3) is 3.66. The second-order valence-electron chi connectivity index (χ2n) is 7.17. The van der Waals surface area contributed by atoms with Gasteiger partial charge in [0.15, 0.2) is 0 Å². The van der Waals surface area contributed by atoms with Crippen molar-refractivity contribution in [2.24, 2.45) is 11.8 Å². The molecule has 0 aliphatic heterocycles. The highest BCUT2D eigenvalue weighted by Gasteiger charge is 2.21. The first-order valence-electron chi connectivity index (χ1n) is 8.44. The Morgan fingerprint density at radius 3 is 2.76 bits per heavy atom. The van der Waals surface area contributed by atoms with E-state index in [1.54, 1.807) is 0 Å². The monoisotopic (exact) mass is 289 g/mol. The van der Waals surface area contributed by atoms with E-state index in [1.165, 1.54) is 30.5 Å². The second kappa shape index (κ2) is 6.20. The van der Waals surface area contributed by atoms with Crippen molar-refractivity contribution in [2.45, 2.75) is 71.4 Å². The number of nitrogens with zero attached hydrogens (tertiary/aromatic N) is 2. The fourth-order valence-corrected chi connectivity index (χ4v) is 3.65. The molecule has 1 aromatic rings. The van der Waals surface area contributed by atoms with Crippen LogP contribution in [0.3, 0.4) is 0 Å². The Hall–Kier alpha value is -1.32. The van der Waals surface area contributed by atoms with E-state index in [9.17, 15) is 4.79 Å². The minimum Gasteiger partial charge on any atom is -0.352 e. The SMILES string of the molecule is CC1CCC(NC(=O)Cn2cc3c(n2)CC[C@H](C)C3)CC1. The lowest BCUT2D eigenvalue weighted by Gasteiger charge is -2.26. The smallest absolute Gasteiger partial charge is 0.241 e. The van der Waals surface area contributed by atoms with Crippen molar-refractivity contribution in [3.8, 4) is 0 Å². The molecular formula is C17H27N3O. The van der Waals surface area contributed by atoms with Gasteiger partial charge in [-0.15, -0.1) is 0 Å². The van der Waals surface area contributed by atoms with Crippen LogP contribution in [0, 0.1) is 11.8 Å². The Morgan fingerprint density at radius 1 is 1.24 bits per heavy atom. The molecule has 4 nitrogen and oxygen atoms in total. The molecule has 1 fully saturated rings. The van der Waals surface area contributed by atoms with Crippen molar-refractivity contribution in [3.63, 3.8) is 0 Å². The van der Waals surface area contributed by atoms with E-state index >= 15 is 0 Å². The Kier molecular flexibility index (Phi) is 4.32. The Morgan fingerprint density at radius 2 is 2.00 bits per heavy atom. The molecule has 2 aliphatic carbocycles. The number of carbonyl (C=O) groups excluding carboxylic acids is 1. The minimum absolute atomic E-state index is 0.113. The zero-order chi connectivity index (χ0) is 14.8. The first-order chi connectivity index (χ1) is 10.1. The van der Waals surface area contributed by atoms with Crippen LogP contribution in [0.4, 0.5) is 0 Å². The number of carbonyl (C=O) groups is 1. The predicted octanol–water partition coefficient (Wildman–Crippen LogP) is 2.70. The molecule has 116 valence electrons. The topological polar surface area (TPSA) is 46.9 Å². The second-order valence-corrected chi connectivity index (χ2v) is 7.17. The van der Waals surface area contributed by atoms with Gasteiger partial charge in [0.05, 0.1) is 5.69 Å². The Bertz CT molecular complexity index is 500. The number of aromatic nitrogens is 2. The summed E-state index contributed by atoms with van der Waals surface area (Å²) in [5, 5.41) is 7.76. The van der Waals surface area contributed by atoms with Crippen LogP contribution < -0.4 is 5.32 Å². The first-order valence-corrected chi connectivity index (χ1v) is 8.44. The van der Waals surface area contributed by atoms with Crippen LogP contribution in [0.25, 0.3) is 0 Å². The maximum Gasteiger partial charge on any atom is 0.241 e. The number of amides is 1. The van der Waals surface area contributed by atoms with Crippen molar-refractivity contribution in [2.75, 3.05) is 0 Å². The maximum atomic E-state index is 12.2. The van der Waals surface area contributed by atoms with Crippen LogP contribution in [0.1, 0.15) is 57.2 Å². The molecule has 1 aromatic heterocycles. The summed E-state index contributed by atoms with van der Waals surface area (Å²) in [5.41, 5.74) is 2.54. The van der Waals surface area contributed by atoms with Crippen LogP contribution >= 0.6 is 0 Å². The van der Waals surface area contributed by atoms with Crippen LogP contribution in [0.5, 0.6) is 0 Å². The van der Waals surface area contributed by atoms with Gasteiger partial charge in [0, 0.05) is 12.2 Å². The van der Waals surface area contributed by atoms with Gasteiger partial charge in [-0.2, -0.15) is 5.10 Å². The molecule has 0 radical (unpaired) electrons. The lowest BCUT2D eigenvalue weighted by Crippen LogP contribution is -2.39. The number of hydrogen-bond donors (Lipinski definition) is 1. The van der Waals surface area contributed by atoms with Gasteiger partial charge in [-0.3, -0.25) is 9.48 Å². The number of hydrogen-bond acceptors (Lipinski definition) is 2. The molecule has 1 amide bonds. The maximum absolute atomic E-state index is 12.2. The van der Waals surface area contributed by atoms with Crippen molar-refractivity contribution >= 4 is 5.91 Å². The molecule has 4 heteroatoms. The van der Waals surface area contributed by atoms with E-state index in [0.717, 1.165) is 37.5 Å². The van der Waals surface area contributed by atoms with Crippen molar-refractivity contribution < 1.29 is 4.79 Å². The standard InChI is InChI=1S/C17H27N3O/c1-12-3-6-15(7-4-12)18-17(21)11-20-10-14-9-13(2)5-8-16(14)19-20/h10,12-13,15H,3-9,11H2,1-2H3,(H,18,21)/t12?,13-,15?/m0/s1. The minimum atomic E-state index is 0.113. The van der Waals surface area contributed by atoms with Crippen molar-refractivity contribution in [1.29, 1.82) is 0 Å². The van der Waals surface area contributed by atoms with Crippen LogP contribution in [-0.4, -0.2) is 21.7 Å². The van der Waals surface area contributed by atoms with Gasteiger partial charge in [-0.1, -0.05) is 13.8 Å². The van der Waals surface area contributed by atoms with E-state index in [-0.39, 0.29) is 5.91 Å². The van der Waals surface area contributed by atoms with Gasteiger partial charge in [0.2, 0.25) is 5.91 Å². The Labute approximate surface area is 127 Å². The summed E-state index contributed by atoms with van der Waals surface area (Å²) in [6.45, 7) is 4.96. The number of nitrogens with one attached hydrogen (secondary N) is 1. The average molecular weight is 289 g/mol. The number of rotatable bonds is 3. The normalized spacial score (nSPS) is 29.0. The summed E-state index contributed by atoms with van der Waals surface area (Å²) in [4.78, 5) is 12.2. The molecule has 0 spiro atoms. The third-order valence-corrected chi connectivity index (χ3v) is 5.05. The highest BCUT2D eigenvalue weighted by atomic mass is 16.2. The molecular weight excluding hydrogens is 262 g/mol. The summed E-state index contributed by atoms with van der Waals surface area (Å²) in [5.74, 6) is 1.67. The molecule has 0 aromatic carbocycles. The van der Waals surface area contributed by atoms with E-state index in [4.69, 9.17) is 0 Å². The lowest BCUT2D eigenvalue weighted by atomic mass is 9.87. The zero-order valence-electron chi connectivity index (χ0n) is 13.3. The van der Waals surface area contributed by atoms with E-state index in [0.29, 0.717) is 12.6 Å². The predicted molar refractivity (Wildman–Crippen MR) is 83.0 cm³/mol. The van der Waals surface area contributed by atoms with E-state index in [1.807, 2.05) is 4.68 Å². The number of aryl methyl sites for hydroxylation is 1.